The van der Waals surface area contributed by atoms with Gasteiger partial charge in [0.15, 0.2) is 6.10 Å². The van der Waals surface area contributed by atoms with Crippen molar-refractivity contribution in [2.24, 2.45) is 0 Å². The molecular formula is C10H13BrO4. The van der Waals surface area contributed by atoms with Crippen molar-refractivity contribution < 1.29 is 19.1 Å². The summed E-state index contributed by atoms with van der Waals surface area (Å²) in [5.41, 5.74) is 0. The maximum Gasteiger partial charge on any atom is 0.303 e. The van der Waals surface area contributed by atoms with Crippen molar-refractivity contribution in [1.82, 2.24) is 0 Å². The lowest BCUT2D eigenvalue weighted by Crippen LogP contribution is -2.36. The third-order valence-corrected chi connectivity index (χ3v) is 2.79. The van der Waals surface area contributed by atoms with Gasteiger partial charge in [0, 0.05) is 18.3 Å². The average molecular weight is 277 g/mol. The summed E-state index contributed by atoms with van der Waals surface area (Å²) in [6.07, 6.45) is 2.52. The molecule has 0 aromatic heterocycles. The van der Waals surface area contributed by atoms with Crippen LogP contribution in [0, 0.1) is 0 Å². The maximum absolute atomic E-state index is 10.9. The Hall–Kier alpha value is -0.840. The summed E-state index contributed by atoms with van der Waals surface area (Å²) < 4.78 is 10.9. The molecule has 84 valence electrons. The smallest absolute Gasteiger partial charge is 0.303 e. The van der Waals surface area contributed by atoms with Gasteiger partial charge in [-0.05, 0) is 12.8 Å². The maximum atomic E-state index is 10.9. The third-order valence-electron chi connectivity index (χ3n) is 2.01. The lowest BCUT2D eigenvalue weighted by Gasteiger charge is -2.28. The van der Waals surface area contributed by atoms with Crippen molar-refractivity contribution in [2.75, 3.05) is 0 Å². The van der Waals surface area contributed by atoms with Crippen molar-refractivity contribution in [1.29, 1.82) is 0 Å². The number of ether oxygens (including phenoxy) is 2. The van der Waals surface area contributed by atoms with Gasteiger partial charge in [0.25, 0.3) is 0 Å². The van der Waals surface area contributed by atoms with Crippen LogP contribution in [0.3, 0.4) is 0 Å². The summed E-state index contributed by atoms with van der Waals surface area (Å²) in [4.78, 5) is 21.7. The predicted octanol–water partition coefficient (Wildman–Crippen LogP) is 1.92. The van der Waals surface area contributed by atoms with Crippen molar-refractivity contribution >= 4 is 27.9 Å². The molecule has 0 aliphatic heterocycles. The van der Waals surface area contributed by atoms with Gasteiger partial charge in [0.1, 0.15) is 6.10 Å². The molecule has 0 bridgehead atoms. The number of esters is 2. The first-order valence-electron chi connectivity index (χ1n) is 4.70. The third kappa shape index (κ3) is 3.66. The Labute approximate surface area is 96.7 Å². The van der Waals surface area contributed by atoms with Crippen LogP contribution in [0.25, 0.3) is 0 Å². The van der Waals surface area contributed by atoms with E-state index in [9.17, 15) is 9.59 Å². The molecular weight excluding hydrogens is 264 g/mol. The quantitative estimate of drug-likeness (QED) is 0.724. The molecule has 0 aromatic carbocycles. The SMILES string of the molecule is CC(=O)O[C@H]1CCC=C(Br)[C@@H]1OC(C)=O. The number of carbonyl (C=O) groups excluding carboxylic acids is 2. The lowest BCUT2D eigenvalue weighted by atomic mass is 10.0. The van der Waals surface area contributed by atoms with E-state index in [1.54, 1.807) is 0 Å². The first kappa shape index (κ1) is 12.2. The van der Waals surface area contributed by atoms with Crippen LogP contribution in [0.4, 0.5) is 0 Å². The van der Waals surface area contributed by atoms with Gasteiger partial charge in [-0.1, -0.05) is 22.0 Å². The molecule has 2 atom stereocenters. The van der Waals surface area contributed by atoms with E-state index in [0.717, 1.165) is 10.9 Å². The van der Waals surface area contributed by atoms with Gasteiger partial charge in [-0.15, -0.1) is 0 Å². The molecule has 1 rings (SSSR count). The highest BCUT2D eigenvalue weighted by Gasteiger charge is 2.31. The Morgan fingerprint density at radius 2 is 1.93 bits per heavy atom. The summed E-state index contributed by atoms with van der Waals surface area (Å²) in [6, 6.07) is 0. The van der Waals surface area contributed by atoms with Gasteiger partial charge in [0.2, 0.25) is 0 Å². The number of rotatable bonds is 2. The van der Waals surface area contributed by atoms with Crippen LogP contribution in [0.15, 0.2) is 10.6 Å². The molecule has 0 amide bonds. The fraction of sp³-hybridized carbons (Fsp3) is 0.600. The Bertz CT molecular complexity index is 298. The van der Waals surface area contributed by atoms with Crippen LogP contribution < -0.4 is 0 Å². The number of hydrogen-bond acceptors (Lipinski definition) is 4. The first-order chi connectivity index (χ1) is 7.00. The lowest BCUT2D eigenvalue weighted by molar-refractivity contribution is -0.162. The minimum Gasteiger partial charge on any atom is -0.458 e. The second-order valence-corrected chi connectivity index (χ2v) is 4.26. The largest absolute Gasteiger partial charge is 0.458 e. The Morgan fingerprint density at radius 1 is 1.33 bits per heavy atom. The Morgan fingerprint density at radius 3 is 2.47 bits per heavy atom. The van der Waals surface area contributed by atoms with Crippen LogP contribution in [-0.2, 0) is 19.1 Å². The zero-order valence-electron chi connectivity index (χ0n) is 8.66. The molecule has 0 unspecified atom stereocenters. The summed E-state index contributed by atoms with van der Waals surface area (Å²) in [5.74, 6) is -0.747. The molecule has 1 aliphatic carbocycles. The van der Waals surface area contributed by atoms with E-state index in [1.807, 2.05) is 6.08 Å². The minimum absolute atomic E-state index is 0.362. The normalized spacial score (nSPS) is 25.4. The van der Waals surface area contributed by atoms with E-state index in [-0.39, 0.29) is 18.0 Å². The van der Waals surface area contributed by atoms with Gasteiger partial charge in [-0.25, -0.2) is 0 Å². The molecule has 0 spiro atoms. The standard InChI is InChI=1S/C10H13BrO4/c1-6(12)14-9-5-3-4-8(11)10(9)15-7(2)13/h4,9-10H,3,5H2,1-2H3/t9-,10-/m0/s1. The highest BCUT2D eigenvalue weighted by atomic mass is 79.9. The molecule has 1 aliphatic rings. The molecule has 5 heteroatoms. The highest BCUT2D eigenvalue weighted by Crippen LogP contribution is 2.28. The predicted molar refractivity (Wildman–Crippen MR) is 57.4 cm³/mol. The molecule has 0 N–H and O–H groups in total. The van der Waals surface area contributed by atoms with Crippen LogP contribution in [-0.4, -0.2) is 24.1 Å². The number of hydrogen-bond donors (Lipinski definition) is 0. The summed E-state index contributed by atoms with van der Waals surface area (Å²) in [6.45, 7) is 2.68. The Balaban J connectivity index is 2.72. The second-order valence-electron chi connectivity index (χ2n) is 3.34. The molecule has 0 radical (unpaired) electrons. The highest BCUT2D eigenvalue weighted by molar-refractivity contribution is 9.11. The number of allylic oxidation sites excluding steroid dienone is 1. The number of carbonyl (C=O) groups is 2. The van der Waals surface area contributed by atoms with Gasteiger partial charge in [0.05, 0.1) is 0 Å². The Kier molecular flexibility index (Phi) is 4.32. The van der Waals surface area contributed by atoms with E-state index in [4.69, 9.17) is 9.47 Å². The summed E-state index contributed by atoms with van der Waals surface area (Å²) in [5, 5.41) is 0. The van der Waals surface area contributed by atoms with Gasteiger partial charge in [-0.2, -0.15) is 0 Å². The molecule has 0 aromatic rings. The van der Waals surface area contributed by atoms with E-state index in [1.165, 1.54) is 13.8 Å². The van der Waals surface area contributed by atoms with Crippen LogP contribution in [0.5, 0.6) is 0 Å². The van der Waals surface area contributed by atoms with Crippen molar-refractivity contribution in [3.8, 4) is 0 Å². The zero-order chi connectivity index (χ0) is 11.4. The zero-order valence-corrected chi connectivity index (χ0v) is 10.2. The topological polar surface area (TPSA) is 52.6 Å². The summed E-state index contributed by atoms with van der Waals surface area (Å²) in [7, 11) is 0. The van der Waals surface area contributed by atoms with Crippen LogP contribution >= 0.6 is 15.9 Å². The average Bonchev–Trinajstić information content (AvgIpc) is 2.09. The molecule has 0 fully saturated rings. The molecule has 0 saturated carbocycles. The van der Waals surface area contributed by atoms with Crippen molar-refractivity contribution in [3.63, 3.8) is 0 Å². The number of halogens is 1. The van der Waals surface area contributed by atoms with E-state index in [0.29, 0.717) is 6.42 Å². The molecule has 15 heavy (non-hydrogen) atoms. The first-order valence-corrected chi connectivity index (χ1v) is 5.50. The van der Waals surface area contributed by atoms with Crippen molar-refractivity contribution in [2.45, 2.75) is 38.9 Å². The fourth-order valence-corrected chi connectivity index (χ4v) is 2.09. The van der Waals surface area contributed by atoms with Gasteiger partial charge >= 0.3 is 11.9 Å². The molecule has 0 saturated heterocycles. The van der Waals surface area contributed by atoms with E-state index < -0.39 is 6.10 Å². The fourth-order valence-electron chi connectivity index (χ4n) is 1.48. The van der Waals surface area contributed by atoms with Gasteiger partial charge < -0.3 is 9.47 Å². The van der Waals surface area contributed by atoms with Crippen LogP contribution in [0.2, 0.25) is 0 Å². The summed E-state index contributed by atoms with van der Waals surface area (Å²) >= 11 is 3.31. The van der Waals surface area contributed by atoms with E-state index >= 15 is 0 Å². The molecule has 4 nitrogen and oxygen atoms in total. The second kappa shape index (κ2) is 5.30. The minimum atomic E-state index is -0.500. The van der Waals surface area contributed by atoms with E-state index in [2.05, 4.69) is 15.9 Å². The van der Waals surface area contributed by atoms with Gasteiger partial charge in [-0.3, -0.25) is 9.59 Å². The van der Waals surface area contributed by atoms with Crippen LogP contribution in [0.1, 0.15) is 26.7 Å². The van der Waals surface area contributed by atoms with Crippen molar-refractivity contribution in [3.05, 3.63) is 10.6 Å². The monoisotopic (exact) mass is 276 g/mol. The molecule has 0 heterocycles.